The second-order valence-corrected chi connectivity index (χ2v) is 13.4. The van der Waals surface area contributed by atoms with Gasteiger partial charge in [0.15, 0.2) is 0 Å². The molecule has 274 valence electrons. The lowest BCUT2D eigenvalue weighted by molar-refractivity contribution is -0.170. The molecule has 2 aromatic carbocycles. The van der Waals surface area contributed by atoms with Crippen molar-refractivity contribution in [1.29, 1.82) is 0 Å². The fourth-order valence-corrected chi connectivity index (χ4v) is 7.34. The van der Waals surface area contributed by atoms with Crippen LogP contribution in [0, 0.1) is 5.92 Å². The number of alkyl halides is 3. The van der Waals surface area contributed by atoms with Crippen molar-refractivity contribution in [1.82, 2.24) is 14.5 Å². The molecule has 0 saturated heterocycles. The van der Waals surface area contributed by atoms with Crippen molar-refractivity contribution in [2.75, 3.05) is 25.0 Å². The number of ether oxygens (including phenoxy) is 1. The van der Waals surface area contributed by atoms with Gasteiger partial charge in [0.25, 0.3) is 0 Å². The smallest absolute Gasteiger partial charge is 0.406 e. The number of nitrogens with one attached hydrogen (secondary N) is 1. The number of aliphatic carboxylic acids is 1. The van der Waals surface area contributed by atoms with Crippen molar-refractivity contribution < 1.29 is 32.6 Å². The molecule has 2 N–H and O–H groups in total. The van der Waals surface area contributed by atoms with Crippen LogP contribution in [0.5, 0.6) is 5.75 Å². The quantitative estimate of drug-likeness (QED) is 0.136. The topological polar surface area (TPSA) is 96.7 Å². The third-order valence-corrected chi connectivity index (χ3v) is 9.68. The van der Waals surface area contributed by atoms with Gasteiger partial charge in [0.1, 0.15) is 12.3 Å². The van der Waals surface area contributed by atoms with Gasteiger partial charge in [-0.25, -0.2) is 4.98 Å². The van der Waals surface area contributed by atoms with E-state index in [0.717, 1.165) is 80.1 Å². The van der Waals surface area contributed by atoms with E-state index in [4.69, 9.17) is 4.74 Å². The molecule has 50 heavy (non-hydrogen) atoms. The van der Waals surface area contributed by atoms with Crippen LogP contribution in [0.1, 0.15) is 105 Å². The van der Waals surface area contributed by atoms with E-state index >= 15 is 0 Å². The molecular weight excluding hydrogens is 669 g/mol. The van der Waals surface area contributed by atoms with E-state index in [1.165, 1.54) is 6.42 Å². The summed E-state index contributed by atoms with van der Waals surface area (Å²) in [5.74, 6) is -2.22. The van der Waals surface area contributed by atoms with Gasteiger partial charge in [-0.3, -0.25) is 9.59 Å². The Morgan fingerprint density at radius 2 is 1.82 bits per heavy atom. The van der Waals surface area contributed by atoms with Crippen molar-refractivity contribution in [3.63, 3.8) is 0 Å². The number of imidazole rings is 1. The number of fused-ring (bicyclic) bond motifs is 2. The number of hydrogen-bond acceptors (Lipinski definition) is 5. The number of carboxylic acid groups (broad SMARTS) is 1. The number of aryl methyl sites for hydroxylation is 1. The van der Waals surface area contributed by atoms with Crippen LogP contribution in [0.15, 0.2) is 54.7 Å². The van der Waals surface area contributed by atoms with E-state index in [0.29, 0.717) is 36.3 Å². The molecule has 1 amide bonds. The molecule has 8 nitrogen and oxygen atoms in total. The van der Waals surface area contributed by atoms with Crippen molar-refractivity contribution in [2.45, 2.75) is 109 Å². The molecule has 0 aliphatic carbocycles. The van der Waals surface area contributed by atoms with E-state index < -0.39 is 48.9 Å². The van der Waals surface area contributed by atoms with Crippen LogP contribution >= 0.6 is 12.4 Å². The summed E-state index contributed by atoms with van der Waals surface area (Å²) in [5.41, 5.74) is 3.00. The first-order chi connectivity index (χ1) is 23.6. The fraction of sp³-hybridized carbons (Fsp3) is 0.553. The van der Waals surface area contributed by atoms with E-state index in [2.05, 4.69) is 21.8 Å². The highest BCUT2D eigenvalue weighted by Gasteiger charge is 2.45. The number of carboxylic acids is 1. The predicted octanol–water partition coefficient (Wildman–Crippen LogP) is 8.75. The van der Waals surface area contributed by atoms with Gasteiger partial charge in [0, 0.05) is 31.6 Å². The molecule has 0 fully saturated rings. The molecular formula is C38H50ClF3N4O4. The van der Waals surface area contributed by atoms with Crippen LogP contribution in [0.3, 0.4) is 0 Å². The number of carbonyl (C=O) groups excluding carboxylic acids is 1. The molecule has 3 heterocycles. The van der Waals surface area contributed by atoms with Crippen LogP contribution in [0.2, 0.25) is 0 Å². The minimum absolute atomic E-state index is 0. The third-order valence-electron chi connectivity index (χ3n) is 9.68. The molecule has 3 atom stereocenters. The first kappa shape index (κ1) is 39.1. The molecule has 0 radical (unpaired) electrons. The molecule has 0 saturated carbocycles. The second-order valence-electron chi connectivity index (χ2n) is 13.4. The molecule has 0 bridgehead atoms. The summed E-state index contributed by atoms with van der Waals surface area (Å²) in [6.45, 7) is 2.81. The highest BCUT2D eigenvalue weighted by Crippen LogP contribution is 2.46. The first-order valence-electron chi connectivity index (χ1n) is 17.8. The SMILES string of the molecule is CCCCCCCCCC(c1ccccc1)C1c2cc(OCCc3cn4c(n3)NCCC4)ccc2C[C@@H](CC(=O)O)C(=O)N1CC(F)(F)F.Cl. The maximum absolute atomic E-state index is 14.4. The molecule has 5 rings (SSSR count). The number of hydrogen-bond donors (Lipinski definition) is 2. The first-order valence-corrected chi connectivity index (χ1v) is 17.8. The van der Waals surface area contributed by atoms with E-state index in [1.54, 1.807) is 18.2 Å². The lowest BCUT2D eigenvalue weighted by Gasteiger charge is -2.38. The second kappa shape index (κ2) is 18.5. The van der Waals surface area contributed by atoms with Crippen LogP contribution in [-0.4, -0.2) is 57.3 Å². The van der Waals surface area contributed by atoms with Crippen LogP contribution in [0.25, 0.3) is 0 Å². The number of halogens is 4. The maximum Gasteiger partial charge on any atom is 0.406 e. The Morgan fingerprint density at radius 1 is 1.08 bits per heavy atom. The Balaban J connectivity index is 0.00000562. The summed E-state index contributed by atoms with van der Waals surface area (Å²) in [7, 11) is 0. The van der Waals surface area contributed by atoms with Gasteiger partial charge in [-0.05, 0) is 48.1 Å². The number of aromatic nitrogens is 2. The van der Waals surface area contributed by atoms with Gasteiger partial charge in [-0.2, -0.15) is 13.2 Å². The zero-order chi connectivity index (χ0) is 34.8. The number of amides is 1. The predicted molar refractivity (Wildman–Crippen MR) is 190 cm³/mol. The number of unbranched alkanes of at least 4 members (excludes halogenated alkanes) is 6. The number of rotatable bonds is 17. The van der Waals surface area contributed by atoms with E-state index in [-0.39, 0.29) is 18.8 Å². The van der Waals surface area contributed by atoms with Gasteiger partial charge in [-0.15, -0.1) is 12.4 Å². The molecule has 2 aliphatic rings. The van der Waals surface area contributed by atoms with Crippen molar-refractivity contribution >= 4 is 30.2 Å². The summed E-state index contributed by atoms with van der Waals surface area (Å²) in [6.07, 6.45) is 6.37. The Bertz CT molecular complexity index is 1510. The maximum atomic E-state index is 14.4. The number of anilines is 1. The van der Waals surface area contributed by atoms with Crippen molar-refractivity contribution in [3.8, 4) is 5.75 Å². The number of nitrogens with zero attached hydrogens (tertiary/aromatic N) is 3. The van der Waals surface area contributed by atoms with Gasteiger partial charge >= 0.3 is 12.1 Å². The lowest BCUT2D eigenvalue weighted by Crippen LogP contribution is -2.45. The van der Waals surface area contributed by atoms with Crippen molar-refractivity contribution in [3.05, 3.63) is 77.1 Å². The van der Waals surface area contributed by atoms with Crippen molar-refractivity contribution in [2.24, 2.45) is 5.92 Å². The summed E-state index contributed by atoms with van der Waals surface area (Å²) in [5, 5.41) is 13.0. The molecule has 12 heteroatoms. The molecule has 2 aliphatic heterocycles. The molecule has 1 aromatic heterocycles. The Morgan fingerprint density at radius 3 is 2.52 bits per heavy atom. The lowest BCUT2D eigenvalue weighted by atomic mass is 9.80. The Hall–Kier alpha value is -3.73. The molecule has 3 aromatic rings. The van der Waals surface area contributed by atoms with Crippen LogP contribution in [0.4, 0.5) is 19.1 Å². The van der Waals surface area contributed by atoms with E-state index in [1.807, 2.05) is 36.5 Å². The summed E-state index contributed by atoms with van der Waals surface area (Å²) in [4.78, 5) is 31.5. The summed E-state index contributed by atoms with van der Waals surface area (Å²) in [6, 6.07) is 13.8. The van der Waals surface area contributed by atoms with Gasteiger partial charge < -0.3 is 24.6 Å². The minimum atomic E-state index is -4.68. The average Bonchev–Trinajstić information content (AvgIpc) is 3.45. The monoisotopic (exact) mass is 718 g/mol. The summed E-state index contributed by atoms with van der Waals surface area (Å²) >= 11 is 0. The zero-order valence-electron chi connectivity index (χ0n) is 28.8. The largest absolute Gasteiger partial charge is 0.493 e. The van der Waals surface area contributed by atoms with Gasteiger partial charge in [0.05, 0.1) is 30.7 Å². The number of benzene rings is 2. The van der Waals surface area contributed by atoms with E-state index in [9.17, 15) is 27.9 Å². The normalized spacial score (nSPS) is 17.9. The highest BCUT2D eigenvalue weighted by atomic mass is 35.5. The highest BCUT2D eigenvalue weighted by molar-refractivity contribution is 5.85. The van der Waals surface area contributed by atoms with Crippen LogP contribution in [-0.2, 0) is 29.0 Å². The Kier molecular flexibility index (Phi) is 14.4. The average molecular weight is 719 g/mol. The molecule has 0 spiro atoms. The fourth-order valence-electron chi connectivity index (χ4n) is 7.34. The number of carbonyl (C=O) groups is 2. The van der Waals surface area contributed by atoms with Gasteiger partial charge in [0.2, 0.25) is 11.9 Å². The third kappa shape index (κ3) is 10.6. The standard InChI is InChI=1S/C38H49F3N4O4.ClH/c1-2-3-4-5-6-7-11-15-32(27-13-9-8-10-14-27)35-33-24-31(49-21-18-30-25-44-20-12-19-42-37(44)43-30)17-16-28(33)22-29(23-34(46)47)36(48)45(35)26-38(39,40)41;/h8-10,13-14,16-17,24-25,29,32,35H,2-7,11-12,15,18-23,26H2,1H3,(H,42,43)(H,46,47);1H/t29-,32?,35?;/m0./s1. The minimum Gasteiger partial charge on any atom is -0.493 e. The Labute approximate surface area is 299 Å². The van der Waals surface area contributed by atoms with Gasteiger partial charge in [-0.1, -0.05) is 88.3 Å². The summed E-state index contributed by atoms with van der Waals surface area (Å²) < 4.78 is 51.3. The zero-order valence-corrected chi connectivity index (χ0v) is 29.6. The molecule has 2 unspecified atom stereocenters. The van der Waals surface area contributed by atoms with Crippen LogP contribution < -0.4 is 10.1 Å².